The molecule has 2 N–H and O–H groups in total. The van der Waals surface area contributed by atoms with E-state index in [2.05, 4.69) is 25.6 Å². The molecule has 0 aliphatic heterocycles. The van der Waals surface area contributed by atoms with Gasteiger partial charge in [-0.3, -0.25) is 4.79 Å². The summed E-state index contributed by atoms with van der Waals surface area (Å²) in [5, 5.41) is 13.6. The molecule has 1 heterocycles. The van der Waals surface area contributed by atoms with Gasteiger partial charge in [0.25, 0.3) is 5.91 Å². The van der Waals surface area contributed by atoms with Crippen LogP contribution in [0.5, 0.6) is 5.75 Å². The van der Waals surface area contributed by atoms with Gasteiger partial charge in [-0.05, 0) is 67.6 Å². The van der Waals surface area contributed by atoms with Crippen LogP contribution in [0.4, 0.5) is 10.1 Å². The predicted octanol–water partition coefficient (Wildman–Crippen LogP) is 2.06. The van der Waals surface area contributed by atoms with Gasteiger partial charge in [-0.15, -0.1) is 5.10 Å². The number of carbonyl (C=O) groups excluding carboxylic acids is 1. The number of amides is 1. The second kappa shape index (κ2) is 8.78. The number of hydrogen-bond donors (Lipinski definition) is 2. The first kappa shape index (κ1) is 22.3. The largest absolute Gasteiger partial charge is 0.495 e. The monoisotopic (exact) mass is 448 g/mol. The molecule has 10 nitrogen and oxygen atoms in total. The maximum absolute atomic E-state index is 14.3. The summed E-state index contributed by atoms with van der Waals surface area (Å²) in [5.74, 6) is -0.822. The average Bonchev–Trinajstić information content (AvgIpc) is 3.14. The molecule has 0 aliphatic carbocycles. The average molecular weight is 448 g/mol. The lowest BCUT2D eigenvalue weighted by Crippen LogP contribution is -2.30. The van der Waals surface area contributed by atoms with Crippen LogP contribution < -0.4 is 14.8 Å². The number of sulfonamides is 1. The summed E-state index contributed by atoms with van der Waals surface area (Å²) >= 11 is 0. The van der Waals surface area contributed by atoms with Crippen LogP contribution in [0.1, 0.15) is 30.0 Å². The molecular weight excluding hydrogens is 427 g/mol. The van der Waals surface area contributed by atoms with Crippen molar-refractivity contribution in [3.8, 4) is 11.4 Å². The SMILES string of the molecule is COc1ccc(C(=O)Nc2cc(-n3nnnc3C)ccc2F)cc1S(=O)(=O)NC(C)C. The quantitative estimate of drug-likeness (QED) is 0.566. The molecule has 0 aliphatic rings. The first-order valence-electron chi connectivity index (χ1n) is 9.19. The molecule has 0 atom stereocenters. The van der Waals surface area contributed by atoms with E-state index in [1.807, 2.05) is 0 Å². The Balaban J connectivity index is 1.94. The Hall–Kier alpha value is -3.38. The molecule has 1 amide bonds. The number of aryl methyl sites for hydroxylation is 1. The molecule has 0 spiro atoms. The number of aromatic nitrogens is 4. The molecule has 3 aromatic rings. The smallest absolute Gasteiger partial charge is 0.255 e. The van der Waals surface area contributed by atoms with E-state index in [-0.39, 0.29) is 27.9 Å². The number of tetrazole rings is 1. The zero-order chi connectivity index (χ0) is 22.8. The van der Waals surface area contributed by atoms with Gasteiger partial charge in [-0.1, -0.05) is 0 Å². The van der Waals surface area contributed by atoms with Crippen molar-refractivity contribution in [3.63, 3.8) is 0 Å². The topological polar surface area (TPSA) is 128 Å². The van der Waals surface area contributed by atoms with E-state index in [4.69, 9.17) is 4.74 Å². The van der Waals surface area contributed by atoms with Gasteiger partial charge in [0.1, 0.15) is 16.5 Å². The molecule has 12 heteroatoms. The molecule has 0 saturated heterocycles. The number of ether oxygens (including phenoxy) is 1. The van der Waals surface area contributed by atoms with E-state index < -0.39 is 21.7 Å². The van der Waals surface area contributed by atoms with Crippen molar-refractivity contribution >= 4 is 21.6 Å². The minimum Gasteiger partial charge on any atom is -0.495 e. The van der Waals surface area contributed by atoms with Crippen molar-refractivity contribution in [3.05, 3.63) is 53.6 Å². The molecule has 0 saturated carbocycles. The summed E-state index contributed by atoms with van der Waals surface area (Å²) in [4.78, 5) is 12.6. The lowest BCUT2D eigenvalue weighted by Gasteiger charge is -2.14. The van der Waals surface area contributed by atoms with Gasteiger partial charge in [0.05, 0.1) is 18.5 Å². The number of hydrogen-bond acceptors (Lipinski definition) is 7. The number of nitrogens with one attached hydrogen (secondary N) is 2. The first-order chi connectivity index (χ1) is 14.6. The molecular formula is C19H21FN6O4S. The van der Waals surface area contributed by atoms with Crippen LogP contribution in [0.25, 0.3) is 5.69 Å². The van der Waals surface area contributed by atoms with E-state index in [1.165, 1.54) is 48.2 Å². The summed E-state index contributed by atoms with van der Waals surface area (Å²) in [5.41, 5.74) is 0.338. The van der Waals surface area contributed by atoms with Gasteiger partial charge in [-0.2, -0.15) is 4.68 Å². The second-order valence-corrected chi connectivity index (χ2v) is 8.58. The Kier molecular flexibility index (Phi) is 6.32. The Morgan fingerprint density at radius 3 is 2.55 bits per heavy atom. The number of anilines is 1. The zero-order valence-corrected chi connectivity index (χ0v) is 18.1. The molecule has 0 fully saturated rings. The number of nitrogens with zero attached hydrogens (tertiary/aromatic N) is 4. The van der Waals surface area contributed by atoms with Crippen molar-refractivity contribution < 1.29 is 22.3 Å². The molecule has 0 bridgehead atoms. The molecule has 2 aromatic carbocycles. The lowest BCUT2D eigenvalue weighted by atomic mass is 10.2. The Morgan fingerprint density at radius 1 is 1.19 bits per heavy atom. The molecule has 164 valence electrons. The maximum Gasteiger partial charge on any atom is 0.255 e. The number of halogens is 1. The molecule has 0 unspecified atom stereocenters. The summed E-state index contributed by atoms with van der Waals surface area (Å²) in [6.45, 7) is 5.01. The van der Waals surface area contributed by atoms with Crippen LogP contribution in [0.15, 0.2) is 41.3 Å². The molecule has 3 rings (SSSR count). The van der Waals surface area contributed by atoms with E-state index in [1.54, 1.807) is 20.8 Å². The van der Waals surface area contributed by atoms with E-state index in [0.29, 0.717) is 11.5 Å². The van der Waals surface area contributed by atoms with Gasteiger partial charge < -0.3 is 10.1 Å². The van der Waals surface area contributed by atoms with Gasteiger partial charge in [-0.25, -0.2) is 17.5 Å². The van der Waals surface area contributed by atoms with Crippen molar-refractivity contribution in [2.75, 3.05) is 12.4 Å². The third kappa shape index (κ3) is 4.86. The normalized spacial score (nSPS) is 11.5. The van der Waals surface area contributed by atoms with Gasteiger partial charge in [0.2, 0.25) is 10.0 Å². The second-order valence-electron chi connectivity index (χ2n) is 6.90. The highest BCUT2D eigenvalue weighted by Crippen LogP contribution is 2.26. The number of carbonyl (C=O) groups is 1. The first-order valence-corrected chi connectivity index (χ1v) is 10.7. The minimum atomic E-state index is -3.93. The van der Waals surface area contributed by atoms with E-state index >= 15 is 0 Å². The fraction of sp³-hybridized carbons (Fsp3) is 0.263. The van der Waals surface area contributed by atoms with Crippen LogP contribution in [0.2, 0.25) is 0 Å². The number of rotatable bonds is 7. The summed E-state index contributed by atoms with van der Waals surface area (Å²) in [7, 11) is -2.61. The van der Waals surface area contributed by atoms with Crippen molar-refractivity contribution in [2.24, 2.45) is 0 Å². The third-order valence-electron chi connectivity index (χ3n) is 4.17. The summed E-state index contributed by atoms with van der Waals surface area (Å²) < 4.78 is 48.5. The van der Waals surface area contributed by atoms with Gasteiger partial charge >= 0.3 is 0 Å². The number of methoxy groups -OCH3 is 1. The van der Waals surface area contributed by atoms with Gasteiger partial charge in [0.15, 0.2) is 5.82 Å². The predicted molar refractivity (Wildman–Crippen MR) is 110 cm³/mol. The van der Waals surface area contributed by atoms with Crippen LogP contribution in [0, 0.1) is 12.7 Å². The van der Waals surface area contributed by atoms with Crippen LogP contribution in [0.3, 0.4) is 0 Å². The highest BCUT2D eigenvalue weighted by molar-refractivity contribution is 7.89. The third-order valence-corrected chi connectivity index (χ3v) is 5.85. The van der Waals surface area contributed by atoms with E-state index in [0.717, 1.165) is 0 Å². The molecule has 0 radical (unpaired) electrons. The number of benzene rings is 2. The minimum absolute atomic E-state index is 0.00772. The van der Waals surface area contributed by atoms with Crippen molar-refractivity contribution in [2.45, 2.75) is 31.7 Å². The highest BCUT2D eigenvalue weighted by Gasteiger charge is 2.23. The fourth-order valence-corrected chi connectivity index (χ4v) is 4.25. The van der Waals surface area contributed by atoms with Crippen molar-refractivity contribution in [1.82, 2.24) is 24.9 Å². The highest BCUT2D eigenvalue weighted by atomic mass is 32.2. The summed E-state index contributed by atoms with van der Waals surface area (Å²) in [6.07, 6.45) is 0. The maximum atomic E-state index is 14.3. The molecule has 1 aromatic heterocycles. The Morgan fingerprint density at radius 2 is 1.94 bits per heavy atom. The van der Waals surface area contributed by atoms with Crippen LogP contribution >= 0.6 is 0 Å². The Labute approximate surface area is 178 Å². The lowest BCUT2D eigenvalue weighted by molar-refractivity contribution is 0.102. The van der Waals surface area contributed by atoms with Crippen LogP contribution in [-0.4, -0.2) is 47.7 Å². The van der Waals surface area contributed by atoms with Gasteiger partial charge in [0, 0.05) is 11.6 Å². The standard InChI is InChI=1S/C19H21FN6O4S/c1-11(2)23-31(28,29)18-9-13(5-8-17(18)30-4)19(27)21-16-10-14(6-7-15(16)20)26-12(3)22-24-25-26/h5-11,23H,1-4H3,(H,21,27). The van der Waals surface area contributed by atoms with Crippen molar-refractivity contribution in [1.29, 1.82) is 0 Å². The zero-order valence-electron chi connectivity index (χ0n) is 17.2. The fourth-order valence-electron chi connectivity index (χ4n) is 2.81. The Bertz CT molecular complexity index is 1230. The summed E-state index contributed by atoms with van der Waals surface area (Å²) in [6, 6.07) is 7.56. The molecule has 31 heavy (non-hydrogen) atoms. The van der Waals surface area contributed by atoms with E-state index in [9.17, 15) is 17.6 Å². The van der Waals surface area contributed by atoms with Crippen LogP contribution in [-0.2, 0) is 10.0 Å².